The summed E-state index contributed by atoms with van der Waals surface area (Å²) in [6, 6.07) is 13.8. The maximum atomic E-state index is 13.3. The molecule has 0 aliphatic heterocycles. The minimum absolute atomic E-state index is 0.228. The molecule has 2 aromatic heterocycles. The van der Waals surface area contributed by atoms with Crippen LogP contribution in [0.4, 0.5) is 4.39 Å². The van der Waals surface area contributed by atoms with Crippen LogP contribution in [0, 0.1) is 12.7 Å². The molecule has 0 saturated carbocycles. The number of para-hydroxylation sites is 1. The largest absolute Gasteiger partial charge is 0.451 e. The highest BCUT2D eigenvalue weighted by Crippen LogP contribution is 2.33. The smallest absolute Gasteiger partial charge is 0.287 e. The molecule has 0 fully saturated rings. The van der Waals surface area contributed by atoms with Gasteiger partial charge in [-0.2, -0.15) is 0 Å². The summed E-state index contributed by atoms with van der Waals surface area (Å²) in [5.74, 6) is 0.225. The number of thiazole rings is 1. The number of fused-ring (bicyclic) bond motifs is 1. The Morgan fingerprint density at radius 2 is 2.11 bits per heavy atom. The maximum absolute atomic E-state index is 13.3. The fraction of sp³-hybridized carbons (Fsp3) is 0.143. The fourth-order valence-corrected chi connectivity index (χ4v) is 4.74. The lowest BCUT2D eigenvalue weighted by atomic mass is 10.1. The first-order valence-electron chi connectivity index (χ1n) is 8.68. The first-order valence-corrected chi connectivity index (χ1v) is 10.5. The van der Waals surface area contributed by atoms with Crippen LogP contribution in [-0.2, 0) is 12.3 Å². The molecule has 4 nitrogen and oxygen atoms in total. The Kier molecular flexibility index (Phi) is 5.45. The summed E-state index contributed by atoms with van der Waals surface area (Å²) in [7, 11) is 0. The summed E-state index contributed by atoms with van der Waals surface area (Å²) in [6.07, 6.45) is 0. The molecule has 7 heteroatoms. The maximum Gasteiger partial charge on any atom is 0.287 e. The minimum atomic E-state index is -0.327. The molecular formula is C21H17FN2O2S2. The van der Waals surface area contributed by atoms with Crippen molar-refractivity contribution < 1.29 is 13.6 Å². The average molecular weight is 413 g/mol. The van der Waals surface area contributed by atoms with Crippen molar-refractivity contribution in [3.8, 4) is 0 Å². The van der Waals surface area contributed by atoms with Gasteiger partial charge in [-0.05, 0) is 30.7 Å². The Balaban J connectivity index is 1.57. The second kappa shape index (κ2) is 8.16. The van der Waals surface area contributed by atoms with Crippen LogP contribution in [0.1, 0.15) is 27.4 Å². The number of furan rings is 1. The number of carbonyl (C=O) groups excluding carboxylic acids is 1. The topological polar surface area (TPSA) is 55.1 Å². The van der Waals surface area contributed by atoms with E-state index in [9.17, 15) is 9.18 Å². The molecule has 4 aromatic rings. The molecule has 0 unspecified atom stereocenters. The monoisotopic (exact) mass is 412 g/mol. The molecule has 0 spiro atoms. The van der Waals surface area contributed by atoms with E-state index in [1.165, 1.54) is 12.1 Å². The number of aryl methyl sites for hydroxylation is 1. The van der Waals surface area contributed by atoms with Gasteiger partial charge >= 0.3 is 0 Å². The highest BCUT2D eigenvalue weighted by molar-refractivity contribution is 8.00. The van der Waals surface area contributed by atoms with Crippen molar-refractivity contribution in [1.29, 1.82) is 0 Å². The number of halogens is 1. The Hall–Kier alpha value is -2.64. The number of nitrogens with zero attached hydrogens (tertiary/aromatic N) is 1. The van der Waals surface area contributed by atoms with E-state index in [4.69, 9.17) is 4.42 Å². The summed E-state index contributed by atoms with van der Waals surface area (Å²) in [5.41, 5.74) is 3.19. The third-order valence-corrected chi connectivity index (χ3v) is 6.35. The first-order chi connectivity index (χ1) is 13.6. The molecule has 2 aromatic carbocycles. The molecule has 2 heterocycles. The molecule has 0 saturated heterocycles. The van der Waals surface area contributed by atoms with E-state index in [1.807, 2.05) is 36.6 Å². The third-order valence-electron chi connectivity index (χ3n) is 4.18. The normalized spacial score (nSPS) is 11.1. The van der Waals surface area contributed by atoms with Crippen LogP contribution in [0.5, 0.6) is 0 Å². The van der Waals surface area contributed by atoms with Crippen molar-refractivity contribution in [2.45, 2.75) is 23.6 Å². The number of amides is 1. The molecule has 1 amide bonds. The van der Waals surface area contributed by atoms with E-state index < -0.39 is 0 Å². The number of nitrogens with one attached hydrogen (secondary N) is 1. The zero-order valence-corrected chi connectivity index (χ0v) is 16.7. The number of thioether (sulfide) groups is 1. The summed E-state index contributed by atoms with van der Waals surface area (Å²) < 4.78 is 20.1. The fourth-order valence-electron chi connectivity index (χ4n) is 2.87. The van der Waals surface area contributed by atoms with Gasteiger partial charge in [0, 0.05) is 34.3 Å². The van der Waals surface area contributed by atoms with Crippen molar-refractivity contribution in [3.05, 3.63) is 82.3 Å². The van der Waals surface area contributed by atoms with Gasteiger partial charge in [0.05, 0.1) is 0 Å². The number of hydrogen-bond donors (Lipinski definition) is 1. The third kappa shape index (κ3) is 4.10. The quantitative estimate of drug-likeness (QED) is 0.421. The van der Waals surface area contributed by atoms with Gasteiger partial charge in [-0.15, -0.1) is 11.3 Å². The Morgan fingerprint density at radius 3 is 2.89 bits per heavy atom. The van der Waals surface area contributed by atoms with Gasteiger partial charge in [-0.3, -0.25) is 4.79 Å². The predicted molar refractivity (Wildman–Crippen MR) is 110 cm³/mol. The molecular weight excluding hydrogens is 395 g/mol. The Morgan fingerprint density at radius 1 is 1.25 bits per heavy atom. The van der Waals surface area contributed by atoms with E-state index in [0.717, 1.165) is 21.0 Å². The lowest BCUT2D eigenvalue weighted by Gasteiger charge is -2.06. The van der Waals surface area contributed by atoms with Crippen molar-refractivity contribution >= 4 is 40.0 Å². The van der Waals surface area contributed by atoms with Crippen LogP contribution in [-0.4, -0.2) is 10.9 Å². The molecule has 0 bridgehead atoms. The number of rotatable bonds is 6. The molecule has 0 atom stereocenters. The van der Waals surface area contributed by atoms with E-state index in [2.05, 4.69) is 10.3 Å². The number of carbonyl (C=O) groups is 1. The Labute approximate surface area is 169 Å². The minimum Gasteiger partial charge on any atom is -0.451 e. The van der Waals surface area contributed by atoms with Crippen molar-refractivity contribution in [2.75, 3.05) is 0 Å². The van der Waals surface area contributed by atoms with Gasteiger partial charge in [0.2, 0.25) is 0 Å². The van der Waals surface area contributed by atoms with Crippen LogP contribution in [0.15, 0.2) is 62.7 Å². The molecule has 4 rings (SSSR count). The summed E-state index contributed by atoms with van der Waals surface area (Å²) >= 11 is 3.16. The van der Waals surface area contributed by atoms with Crippen molar-refractivity contribution in [2.24, 2.45) is 0 Å². The van der Waals surface area contributed by atoms with Gasteiger partial charge < -0.3 is 9.73 Å². The Bertz CT molecular complexity index is 1140. The molecule has 1 N–H and O–H groups in total. The molecule has 0 aliphatic carbocycles. The SMILES string of the molecule is Cc1csc(SCc2c(C(=O)NCc3cccc(F)c3)oc3ccccc23)n1. The van der Waals surface area contributed by atoms with E-state index in [1.54, 1.807) is 35.2 Å². The van der Waals surface area contributed by atoms with Crippen LogP contribution >= 0.6 is 23.1 Å². The van der Waals surface area contributed by atoms with Gasteiger partial charge in [0.25, 0.3) is 5.91 Å². The van der Waals surface area contributed by atoms with E-state index in [-0.39, 0.29) is 18.3 Å². The lowest BCUT2D eigenvalue weighted by Crippen LogP contribution is -2.23. The predicted octanol–water partition coefficient (Wildman–Crippen LogP) is 5.56. The molecule has 28 heavy (non-hydrogen) atoms. The van der Waals surface area contributed by atoms with Crippen LogP contribution in [0.3, 0.4) is 0 Å². The standard InChI is InChI=1S/C21H17FN2O2S2/c1-13-11-27-21(24-13)28-12-17-16-7-2-3-8-18(16)26-19(17)20(25)23-10-14-5-4-6-15(22)9-14/h2-9,11H,10,12H2,1H3,(H,23,25). The summed E-state index contributed by atoms with van der Waals surface area (Å²) in [6.45, 7) is 2.19. The van der Waals surface area contributed by atoms with Crippen molar-refractivity contribution in [3.63, 3.8) is 0 Å². The summed E-state index contributed by atoms with van der Waals surface area (Å²) in [5, 5.41) is 5.74. The zero-order chi connectivity index (χ0) is 19.5. The number of benzene rings is 2. The van der Waals surface area contributed by atoms with Crippen LogP contribution in [0.25, 0.3) is 11.0 Å². The van der Waals surface area contributed by atoms with E-state index in [0.29, 0.717) is 22.7 Å². The second-order valence-corrected chi connectivity index (χ2v) is 8.34. The molecule has 0 radical (unpaired) electrons. The van der Waals surface area contributed by atoms with Crippen LogP contribution in [0.2, 0.25) is 0 Å². The second-order valence-electron chi connectivity index (χ2n) is 6.26. The first kappa shape index (κ1) is 18.7. The van der Waals surface area contributed by atoms with Gasteiger partial charge in [-0.1, -0.05) is 42.1 Å². The lowest BCUT2D eigenvalue weighted by molar-refractivity contribution is 0.0924. The van der Waals surface area contributed by atoms with Gasteiger partial charge in [0.1, 0.15) is 15.7 Å². The molecule has 0 aliphatic rings. The van der Waals surface area contributed by atoms with Crippen molar-refractivity contribution in [1.82, 2.24) is 10.3 Å². The summed E-state index contributed by atoms with van der Waals surface area (Å²) in [4.78, 5) is 17.3. The highest BCUT2D eigenvalue weighted by atomic mass is 32.2. The van der Waals surface area contributed by atoms with Crippen LogP contribution < -0.4 is 5.32 Å². The number of hydrogen-bond acceptors (Lipinski definition) is 5. The average Bonchev–Trinajstić information content (AvgIpc) is 3.28. The van der Waals surface area contributed by atoms with E-state index >= 15 is 0 Å². The van der Waals surface area contributed by atoms with Gasteiger partial charge in [-0.25, -0.2) is 9.37 Å². The number of aromatic nitrogens is 1. The zero-order valence-electron chi connectivity index (χ0n) is 15.1. The highest BCUT2D eigenvalue weighted by Gasteiger charge is 2.21. The van der Waals surface area contributed by atoms with Gasteiger partial charge in [0.15, 0.2) is 5.76 Å². The molecule has 142 valence electrons.